The van der Waals surface area contributed by atoms with E-state index in [4.69, 9.17) is 4.74 Å². The van der Waals surface area contributed by atoms with E-state index in [9.17, 15) is 26.7 Å². The quantitative estimate of drug-likeness (QED) is 0.482. The molecule has 2 rings (SSSR count). The van der Waals surface area contributed by atoms with Gasteiger partial charge in [0.1, 0.15) is 5.75 Å². The fourth-order valence-electron chi connectivity index (χ4n) is 2.40. The van der Waals surface area contributed by atoms with Crippen molar-refractivity contribution in [2.75, 3.05) is 6.61 Å². The van der Waals surface area contributed by atoms with Crippen LogP contribution in [0.4, 0.5) is 22.0 Å². The van der Waals surface area contributed by atoms with Crippen LogP contribution in [0.1, 0.15) is 30.6 Å². The first-order chi connectivity index (χ1) is 12.7. The molecule has 0 aliphatic carbocycles. The SMILES string of the molecule is CCOc1ccc(-c2ccc(C(=O)OC(CC)C(F)(F)F)c(F)c2F)cc1. The minimum absolute atomic E-state index is 0.144. The molecule has 0 aromatic heterocycles. The molecule has 0 fully saturated rings. The maximum atomic E-state index is 14.4. The number of hydrogen-bond donors (Lipinski definition) is 0. The maximum absolute atomic E-state index is 14.4. The Hall–Kier alpha value is -2.64. The summed E-state index contributed by atoms with van der Waals surface area (Å²) in [4.78, 5) is 11.9. The Morgan fingerprint density at radius 1 is 1.00 bits per heavy atom. The van der Waals surface area contributed by atoms with Crippen molar-refractivity contribution in [1.82, 2.24) is 0 Å². The summed E-state index contributed by atoms with van der Waals surface area (Å²) in [6.07, 6.45) is -7.72. The molecule has 27 heavy (non-hydrogen) atoms. The molecule has 2 aromatic rings. The van der Waals surface area contributed by atoms with Crippen molar-refractivity contribution >= 4 is 5.97 Å². The van der Waals surface area contributed by atoms with E-state index in [1.165, 1.54) is 12.1 Å². The summed E-state index contributed by atoms with van der Waals surface area (Å²) in [6.45, 7) is 3.40. The molecular weight excluding hydrogens is 371 g/mol. The van der Waals surface area contributed by atoms with E-state index in [1.54, 1.807) is 19.1 Å². The van der Waals surface area contributed by atoms with Crippen LogP contribution in [0, 0.1) is 11.6 Å². The summed E-state index contributed by atoms with van der Waals surface area (Å²) in [7, 11) is 0. The molecule has 3 nitrogen and oxygen atoms in total. The monoisotopic (exact) mass is 388 g/mol. The van der Waals surface area contributed by atoms with Crippen LogP contribution in [0.25, 0.3) is 11.1 Å². The van der Waals surface area contributed by atoms with Crippen molar-refractivity contribution in [2.24, 2.45) is 0 Å². The number of esters is 1. The molecular formula is C19H17F5O3. The van der Waals surface area contributed by atoms with Crippen LogP contribution in [-0.4, -0.2) is 24.9 Å². The van der Waals surface area contributed by atoms with E-state index in [1.807, 2.05) is 0 Å². The highest BCUT2D eigenvalue weighted by atomic mass is 19.4. The molecule has 0 N–H and O–H groups in total. The number of carbonyl (C=O) groups excluding carboxylic acids is 1. The van der Waals surface area contributed by atoms with Gasteiger partial charge in [-0.1, -0.05) is 25.1 Å². The summed E-state index contributed by atoms with van der Waals surface area (Å²) in [5.74, 6) is -3.95. The molecule has 1 atom stereocenters. The van der Waals surface area contributed by atoms with Crippen LogP contribution in [0.2, 0.25) is 0 Å². The van der Waals surface area contributed by atoms with Crippen LogP contribution in [0.15, 0.2) is 36.4 Å². The first-order valence-electron chi connectivity index (χ1n) is 8.17. The van der Waals surface area contributed by atoms with Crippen LogP contribution < -0.4 is 4.74 Å². The average molecular weight is 388 g/mol. The van der Waals surface area contributed by atoms with Crippen LogP contribution in [-0.2, 0) is 4.74 Å². The Bertz CT molecular complexity index is 800. The van der Waals surface area contributed by atoms with Gasteiger partial charge in [-0.25, -0.2) is 13.6 Å². The molecule has 146 valence electrons. The zero-order chi connectivity index (χ0) is 20.2. The normalized spacial score (nSPS) is 12.6. The van der Waals surface area contributed by atoms with E-state index in [0.717, 1.165) is 19.1 Å². The first-order valence-corrected chi connectivity index (χ1v) is 8.17. The number of halogens is 5. The molecule has 0 saturated carbocycles. The lowest BCUT2D eigenvalue weighted by atomic mass is 10.0. The van der Waals surface area contributed by atoms with Gasteiger partial charge in [-0.05, 0) is 37.1 Å². The summed E-state index contributed by atoms with van der Waals surface area (Å²) in [5.41, 5.74) is -0.726. The molecule has 0 bridgehead atoms. The molecule has 2 aromatic carbocycles. The topological polar surface area (TPSA) is 35.5 Å². The predicted octanol–water partition coefficient (Wildman–Crippen LogP) is 5.53. The van der Waals surface area contributed by atoms with Gasteiger partial charge in [-0.3, -0.25) is 0 Å². The van der Waals surface area contributed by atoms with Crippen LogP contribution in [0.3, 0.4) is 0 Å². The zero-order valence-corrected chi connectivity index (χ0v) is 14.6. The molecule has 0 aliphatic heterocycles. The first kappa shape index (κ1) is 20.7. The minimum Gasteiger partial charge on any atom is -0.494 e. The Labute approximate surface area is 152 Å². The highest BCUT2D eigenvalue weighted by Crippen LogP contribution is 2.30. The second kappa shape index (κ2) is 8.37. The van der Waals surface area contributed by atoms with E-state index in [2.05, 4.69) is 4.74 Å². The van der Waals surface area contributed by atoms with Gasteiger partial charge in [0.2, 0.25) is 0 Å². The highest BCUT2D eigenvalue weighted by molar-refractivity contribution is 5.90. The molecule has 1 unspecified atom stereocenters. The predicted molar refractivity (Wildman–Crippen MR) is 88.5 cm³/mol. The van der Waals surface area contributed by atoms with E-state index < -0.39 is 41.9 Å². The summed E-state index contributed by atoms with van der Waals surface area (Å²) in [5, 5.41) is 0. The lowest BCUT2D eigenvalue weighted by Gasteiger charge is -2.19. The van der Waals surface area contributed by atoms with Crippen molar-refractivity contribution in [1.29, 1.82) is 0 Å². The molecule has 0 heterocycles. The molecule has 0 spiro atoms. The zero-order valence-electron chi connectivity index (χ0n) is 14.6. The number of alkyl halides is 3. The minimum atomic E-state index is -4.79. The van der Waals surface area contributed by atoms with Crippen molar-refractivity contribution in [2.45, 2.75) is 32.5 Å². The largest absolute Gasteiger partial charge is 0.494 e. The second-order valence-corrected chi connectivity index (χ2v) is 5.59. The maximum Gasteiger partial charge on any atom is 0.425 e. The summed E-state index contributed by atoms with van der Waals surface area (Å²) >= 11 is 0. The van der Waals surface area contributed by atoms with E-state index in [0.29, 0.717) is 17.9 Å². The molecule has 0 saturated heterocycles. The fourth-order valence-corrected chi connectivity index (χ4v) is 2.40. The van der Waals surface area contributed by atoms with E-state index >= 15 is 0 Å². The third-order valence-electron chi connectivity index (χ3n) is 3.76. The van der Waals surface area contributed by atoms with Gasteiger partial charge in [-0.2, -0.15) is 13.2 Å². The van der Waals surface area contributed by atoms with Gasteiger partial charge in [0.05, 0.1) is 12.2 Å². The Kier molecular flexibility index (Phi) is 6.41. The second-order valence-electron chi connectivity index (χ2n) is 5.59. The van der Waals surface area contributed by atoms with Crippen molar-refractivity contribution in [3.63, 3.8) is 0 Å². The van der Waals surface area contributed by atoms with Gasteiger partial charge in [0.15, 0.2) is 17.7 Å². The van der Waals surface area contributed by atoms with Gasteiger partial charge in [0, 0.05) is 5.56 Å². The van der Waals surface area contributed by atoms with Crippen molar-refractivity contribution in [3.8, 4) is 16.9 Å². The lowest BCUT2D eigenvalue weighted by molar-refractivity contribution is -0.204. The third-order valence-corrected chi connectivity index (χ3v) is 3.76. The van der Waals surface area contributed by atoms with Crippen molar-refractivity contribution < 1.29 is 36.2 Å². The van der Waals surface area contributed by atoms with Gasteiger partial charge >= 0.3 is 12.1 Å². The number of carbonyl (C=O) groups is 1. The highest BCUT2D eigenvalue weighted by Gasteiger charge is 2.42. The Balaban J connectivity index is 2.29. The number of hydrogen-bond acceptors (Lipinski definition) is 3. The molecule has 8 heteroatoms. The molecule has 0 aliphatic rings. The number of rotatable bonds is 6. The standard InChI is InChI=1S/C19H17F5O3/c1-3-15(19(22,23)24)27-18(25)14-10-9-13(16(20)17(14)21)11-5-7-12(8-6-11)26-4-2/h5-10,15H,3-4H2,1-2H3. The fraction of sp³-hybridized carbons (Fsp3) is 0.316. The van der Waals surface area contributed by atoms with Gasteiger partial charge in [-0.15, -0.1) is 0 Å². The smallest absolute Gasteiger partial charge is 0.425 e. The number of ether oxygens (including phenoxy) is 2. The Morgan fingerprint density at radius 3 is 2.15 bits per heavy atom. The molecule has 0 radical (unpaired) electrons. The molecule has 0 amide bonds. The van der Waals surface area contributed by atoms with Gasteiger partial charge < -0.3 is 9.47 Å². The van der Waals surface area contributed by atoms with E-state index in [-0.39, 0.29) is 5.56 Å². The lowest BCUT2D eigenvalue weighted by Crippen LogP contribution is -2.33. The van der Waals surface area contributed by atoms with Crippen molar-refractivity contribution in [3.05, 3.63) is 53.6 Å². The summed E-state index contributed by atoms with van der Waals surface area (Å²) in [6, 6.07) is 8.13. The Morgan fingerprint density at radius 2 is 1.63 bits per heavy atom. The van der Waals surface area contributed by atoms with Gasteiger partial charge in [0.25, 0.3) is 0 Å². The number of benzene rings is 2. The third kappa shape index (κ3) is 4.75. The average Bonchev–Trinajstić information content (AvgIpc) is 2.62. The van der Waals surface area contributed by atoms with Crippen LogP contribution in [0.5, 0.6) is 5.75 Å². The van der Waals surface area contributed by atoms with Crippen LogP contribution >= 0.6 is 0 Å². The summed E-state index contributed by atoms with van der Waals surface area (Å²) < 4.78 is 76.3.